The Morgan fingerprint density at radius 3 is 0.908 bits per heavy atom. The molecule has 6 fully saturated rings. The predicted octanol–water partition coefficient (Wildman–Crippen LogP) is 34.7. The van der Waals surface area contributed by atoms with E-state index >= 15 is 0 Å². The molecule has 3 aromatic heterocycles. The van der Waals surface area contributed by atoms with Gasteiger partial charge in [-0.2, -0.15) is 0 Å². The lowest BCUT2D eigenvalue weighted by atomic mass is 9.84. The molecule has 3 heterocycles. The maximum Gasteiger partial charge on any atom is 0.159 e. The second-order valence-corrected chi connectivity index (χ2v) is 36.0. The molecule has 6 nitrogen and oxygen atoms in total. The topological polar surface area (TPSA) is 40.9 Å². The first-order valence-corrected chi connectivity index (χ1v) is 46.4. The molecule has 0 aliphatic heterocycles. The second kappa shape index (κ2) is 35.9. The SMILES string of the molecule is c1ccc(-n2c3ccccc3c3cc(N(c4ccc(C5CCCCC5)cc4)c4ccc(C5CCCCC5)cc4)ccc32)cc1.c1ccc2c(c1)oc1c(N(c3ccc(C4CCCCC4)cc3)c3ccc(C4CCCCC4)cc3)cccc12.c1ccc2c(c1)oc1cc(N(c3ccc(C4CCCCC4)cc3)c3ccc(C4CCCCC4)cc3)ccc12. The summed E-state index contributed by atoms with van der Waals surface area (Å²) in [6.45, 7) is 0. The van der Waals surface area contributed by atoms with Gasteiger partial charge in [-0.15, -0.1) is 0 Å². The first-order valence-electron chi connectivity index (χ1n) is 46.4. The summed E-state index contributed by atoms with van der Waals surface area (Å²) in [5, 5.41) is 7.25. The van der Waals surface area contributed by atoms with E-state index in [0.717, 1.165) is 33.7 Å². The van der Waals surface area contributed by atoms with Crippen molar-refractivity contribution in [3.63, 3.8) is 0 Å². The van der Waals surface area contributed by atoms with Crippen molar-refractivity contribution in [2.75, 3.05) is 14.7 Å². The van der Waals surface area contributed by atoms with Crippen LogP contribution in [0.5, 0.6) is 0 Å². The molecule has 120 heavy (non-hydrogen) atoms. The Kier molecular flexibility index (Phi) is 23.1. The molecule has 0 atom stereocenters. The fraction of sp³-hybridized carbons (Fsp3) is 0.316. The van der Waals surface area contributed by atoms with Gasteiger partial charge in [0.15, 0.2) is 5.58 Å². The van der Waals surface area contributed by atoms with E-state index in [2.05, 4.69) is 317 Å². The van der Waals surface area contributed by atoms with Crippen LogP contribution in [0.4, 0.5) is 51.2 Å². The number of rotatable bonds is 16. The normalized spacial score (nSPS) is 17.0. The molecule has 6 heteroatoms. The van der Waals surface area contributed by atoms with Crippen molar-refractivity contribution >= 4 is 117 Å². The lowest BCUT2D eigenvalue weighted by Crippen LogP contribution is -2.11. The zero-order valence-corrected chi connectivity index (χ0v) is 70.2. The molecule has 13 aromatic carbocycles. The van der Waals surface area contributed by atoms with Crippen LogP contribution in [0.3, 0.4) is 0 Å². The Morgan fingerprint density at radius 1 is 0.200 bits per heavy atom. The monoisotopic (exact) mass is 1570 g/mol. The maximum absolute atomic E-state index is 6.50. The number of hydrogen-bond donors (Lipinski definition) is 0. The van der Waals surface area contributed by atoms with Crippen molar-refractivity contribution in [3.05, 3.63) is 337 Å². The number of anilines is 9. The first kappa shape index (κ1) is 77.3. The molecule has 0 spiro atoms. The average molecular weight is 1570 g/mol. The molecule has 16 aromatic rings. The number of furan rings is 2. The van der Waals surface area contributed by atoms with Gasteiger partial charge in [-0.3, -0.25) is 0 Å². The number of benzene rings is 13. The van der Waals surface area contributed by atoms with Crippen LogP contribution in [-0.4, -0.2) is 4.57 Å². The molecule has 0 unspecified atom stereocenters. The molecule has 0 radical (unpaired) electrons. The van der Waals surface area contributed by atoms with Crippen LogP contribution in [0.1, 0.15) is 262 Å². The smallest absolute Gasteiger partial charge is 0.159 e. The van der Waals surface area contributed by atoms with Gasteiger partial charge in [0.2, 0.25) is 0 Å². The average Bonchev–Trinajstić information content (AvgIpc) is 1.60. The van der Waals surface area contributed by atoms with E-state index in [0.29, 0.717) is 35.5 Å². The number of para-hydroxylation sites is 5. The molecule has 6 saturated carbocycles. The second-order valence-electron chi connectivity index (χ2n) is 36.0. The summed E-state index contributed by atoms with van der Waals surface area (Å²) in [6.07, 6.45) is 40.6. The van der Waals surface area contributed by atoms with Crippen LogP contribution in [-0.2, 0) is 0 Å². The fourth-order valence-corrected chi connectivity index (χ4v) is 22.0. The highest BCUT2D eigenvalue weighted by atomic mass is 16.3. The molecule has 0 N–H and O–H groups in total. The number of nitrogens with zero attached hydrogens (tertiary/aromatic N) is 4. The van der Waals surface area contributed by atoms with Crippen LogP contribution in [0.25, 0.3) is 71.4 Å². The molecular formula is C114H116N4O2. The van der Waals surface area contributed by atoms with Gasteiger partial charge in [-0.05, 0) is 285 Å². The summed E-state index contributed by atoms with van der Waals surface area (Å²) in [5.41, 5.74) is 27.0. The van der Waals surface area contributed by atoms with Gasteiger partial charge >= 0.3 is 0 Å². The van der Waals surface area contributed by atoms with E-state index in [4.69, 9.17) is 8.83 Å². The zero-order valence-electron chi connectivity index (χ0n) is 70.2. The highest BCUT2D eigenvalue weighted by Gasteiger charge is 2.27. The first-order chi connectivity index (χ1) is 59.5. The van der Waals surface area contributed by atoms with Crippen LogP contribution in [0.15, 0.2) is 312 Å². The quantitative estimate of drug-likeness (QED) is 0.0964. The summed E-state index contributed by atoms with van der Waals surface area (Å²) in [6, 6.07) is 113. The summed E-state index contributed by atoms with van der Waals surface area (Å²) in [7, 11) is 0. The van der Waals surface area contributed by atoms with E-state index in [9.17, 15) is 0 Å². The van der Waals surface area contributed by atoms with Crippen LogP contribution in [0, 0.1) is 0 Å². The van der Waals surface area contributed by atoms with Gasteiger partial charge in [0.25, 0.3) is 0 Å². The van der Waals surface area contributed by atoms with E-state index in [1.54, 1.807) is 0 Å². The van der Waals surface area contributed by atoms with Gasteiger partial charge in [0.1, 0.15) is 16.7 Å². The van der Waals surface area contributed by atoms with Crippen LogP contribution < -0.4 is 14.7 Å². The fourth-order valence-electron chi connectivity index (χ4n) is 22.0. The summed E-state index contributed by atoms with van der Waals surface area (Å²) < 4.78 is 15.2. The lowest BCUT2D eigenvalue weighted by molar-refractivity contribution is 0.443. The number of hydrogen-bond acceptors (Lipinski definition) is 5. The Labute approximate surface area is 710 Å². The molecule has 22 rings (SSSR count). The minimum Gasteiger partial charge on any atom is -0.456 e. The molecule has 604 valence electrons. The third-order valence-electron chi connectivity index (χ3n) is 28.5. The van der Waals surface area contributed by atoms with Crippen molar-refractivity contribution in [2.45, 2.75) is 228 Å². The van der Waals surface area contributed by atoms with Crippen molar-refractivity contribution < 1.29 is 8.83 Å². The van der Waals surface area contributed by atoms with Gasteiger partial charge in [0, 0.05) is 89.6 Å². The van der Waals surface area contributed by atoms with Gasteiger partial charge < -0.3 is 28.1 Å². The predicted molar refractivity (Wildman–Crippen MR) is 507 cm³/mol. The van der Waals surface area contributed by atoms with Crippen LogP contribution in [0.2, 0.25) is 0 Å². The minimum atomic E-state index is 0.708. The Bertz CT molecular complexity index is 5890. The van der Waals surface area contributed by atoms with E-state index < -0.39 is 0 Å². The van der Waals surface area contributed by atoms with E-state index in [1.807, 2.05) is 6.07 Å². The Hall–Kier alpha value is -11.3. The molecule has 0 saturated heterocycles. The van der Waals surface area contributed by atoms with Gasteiger partial charge in [-0.25, -0.2) is 0 Å². The maximum atomic E-state index is 6.50. The van der Waals surface area contributed by atoms with Crippen molar-refractivity contribution in [1.29, 1.82) is 0 Å². The zero-order chi connectivity index (χ0) is 79.9. The summed E-state index contributed by atoms with van der Waals surface area (Å²) in [5.74, 6) is 4.27. The Morgan fingerprint density at radius 2 is 0.500 bits per heavy atom. The molecule has 6 aliphatic rings. The third-order valence-corrected chi connectivity index (χ3v) is 28.5. The molecular weight excluding hydrogens is 1460 g/mol. The van der Waals surface area contributed by atoms with Crippen molar-refractivity contribution in [3.8, 4) is 5.69 Å². The van der Waals surface area contributed by atoms with Crippen molar-refractivity contribution in [1.82, 2.24) is 4.57 Å². The highest BCUT2D eigenvalue weighted by molar-refractivity contribution is 6.12. The molecule has 0 amide bonds. The number of fused-ring (bicyclic) bond motifs is 9. The van der Waals surface area contributed by atoms with Gasteiger partial charge in [-0.1, -0.05) is 273 Å². The third kappa shape index (κ3) is 16.4. The Balaban J connectivity index is 0.000000115. The lowest BCUT2D eigenvalue weighted by Gasteiger charge is -2.28. The van der Waals surface area contributed by atoms with Crippen LogP contribution >= 0.6 is 0 Å². The number of aromatic nitrogens is 1. The standard InChI is InChI=1S/C42H42N2.2C36H37NO/c1-4-12-31(13-5-1)33-20-24-36(25-21-33)43(37-26-22-34(23-27-37)32-14-6-2-7-15-32)38-28-29-42-40(30-38)39-18-10-11-19-41(39)44(42)35-16-8-3-9-17-35;1-3-10-26(11-4-1)28-18-22-30(23-19-28)37(31-24-20-29(21-25-31)27-12-5-2-6-13-27)34-16-9-15-33-32-14-7-8-17-35(32)38-36(33)34;1-3-9-26(10-4-1)28-15-19-30(20-16-28)37(31-21-17-29(18-22-31)27-11-5-2-6-12-27)32-23-24-34-33-13-7-8-14-35(33)38-36(34)25-32/h3,8-11,16-32H,1-2,4-7,12-15H2;7-9,14-27H,1-6,10-13H2;7-8,13-27H,1-6,9-12H2. The molecule has 0 bridgehead atoms. The summed E-state index contributed by atoms with van der Waals surface area (Å²) >= 11 is 0. The highest BCUT2D eigenvalue weighted by Crippen LogP contribution is 2.49. The minimum absolute atomic E-state index is 0.708. The summed E-state index contributed by atoms with van der Waals surface area (Å²) in [4.78, 5) is 7.24. The van der Waals surface area contributed by atoms with E-state index in [-0.39, 0.29) is 0 Å². The molecule has 6 aliphatic carbocycles. The van der Waals surface area contributed by atoms with E-state index in [1.165, 1.54) is 315 Å². The van der Waals surface area contributed by atoms with Gasteiger partial charge in [0.05, 0.1) is 16.7 Å². The van der Waals surface area contributed by atoms with Crippen molar-refractivity contribution in [2.24, 2.45) is 0 Å². The largest absolute Gasteiger partial charge is 0.456 e.